The summed E-state index contributed by atoms with van der Waals surface area (Å²) in [5.41, 5.74) is 1.87. The molecular weight excluding hydrogens is 370 g/mol. The van der Waals surface area contributed by atoms with E-state index < -0.39 is 6.09 Å². The molecule has 0 saturated heterocycles. The number of fused-ring (bicyclic) bond motifs is 1. The second-order valence-electron chi connectivity index (χ2n) is 7.84. The number of benzene rings is 2. The zero-order valence-corrected chi connectivity index (χ0v) is 17.3. The maximum atomic E-state index is 12.4. The lowest BCUT2D eigenvalue weighted by molar-refractivity contribution is 0.131. The lowest BCUT2D eigenvalue weighted by Crippen LogP contribution is -2.40. The van der Waals surface area contributed by atoms with Gasteiger partial charge in [-0.15, -0.1) is 0 Å². The Morgan fingerprint density at radius 1 is 1.10 bits per heavy atom. The van der Waals surface area contributed by atoms with Crippen LogP contribution in [-0.2, 0) is 18.4 Å². The molecule has 1 N–H and O–H groups in total. The summed E-state index contributed by atoms with van der Waals surface area (Å²) in [4.78, 5) is 24.2. The quantitative estimate of drug-likeness (QED) is 0.729. The number of aryl methyl sites for hydroxylation is 1. The molecule has 1 amide bonds. The summed E-state index contributed by atoms with van der Waals surface area (Å²) < 4.78 is 11.9. The first-order valence-corrected chi connectivity index (χ1v) is 9.27. The van der Waals surface area contributed by atoms with Gasteiger partial charge in [0.05, 0.1) is 18.2 Å². The highest BCUT2D eigenvalue weighted by Gasteiger charge is 2.15. The number of methoxy groups -OCH3 is 1. The number of aromatic nitrogens is 2. The predicted octanol–water partition coefficient (Wildman–Crippen LogP) is 3.63. The molecule has 3 aromatic rings. The molecule has 2 aromatic carbocycles. The number of alkyl carbamates (subject to hydrolysis) is 1. The maximum absolute atomic E-state index is 12.4. The molecule has 0 aliphatic heterocycles. The molecule has 0 bridgehead atoms. The van der Waals surface area contributed by atoms with Crippen molar-refractivity contribution in [1.29, 1.82) is 0 Å². The predicted molar refractivity (Wildman–Crippen MR) is 112 cm³/mol. The minimum Gasteiger partial charge on any atom is -0.497 e. The van der Waals surface area contributed by atoms with E-state index in [0.29, 0.717) is 16.8 Å². The summed E-state index contributed by atoms with van der Waals surface area (Å²) in [7, 11) is 3.21. The number of hydrogen-bond acceptors (Lipinski definition) is 5. The van der Waals surface area contributed by atoms with Crippen molar-refractivity contribution in [3.63, 3.8) is 0 Å². The van der Waals surface area contributed by atoms with Crippen LogP contribution in [0.25, 0.3) is 22.0 Å². The molecule has 0 atom stereocenters. The van der Waals surface area contributed by atoms with Gasteiger partial charge in [0.2, 0.25) is 0 Å². The molecule has 7 heteroatoms. The zero-order chi connectivity index (χ0) is 21.2. The summed E-state index contributed by atoms with van der Waals surface area (Å²) in [6.07, 6.45) is -0.459. The number of carbonyl (C=O) groups is 1. The van der Waals surface area contributed by atoms with Gasteiger partial charge in [-0.2, -0.15) is 5.10 Å². The fraction of sp³-hybridized carbons (Fsp3) is 0.318. The Kier molecular flexibility index (Phi) is 5.59. The first-order valence-electron chi connectivity index (χ1n) is 9.27. The Bertz CT molecular complexity index is 1100. The SMILES string of the molecule is COc1ccc2c(=O)n(C)nc(-c3ccc(COC(=O)NC(C)(C)C)cc3)c2c1. The van der Waals surface area contributed by atoms with E-state index in [2.05, 4.69) is 10.4 Å². The van der Waals surface area contributed by atoms with Crippen LogP contribution in [0.2, 0.25) is 0 Å². The fourth-order valence-corrected chi connectivity index (χ4v) is 2.92. The smallest absolute Gasteiger partial charge is 0.407 e. The number of amides is 1. The van der Waals surface area contributed by atoms with E-state index in [1.165, 1.54) is 4.68 Å². The lowest BCUT2D eigenvalue weighted by atomic mass is 10.0. The van der Waals surface area contributed by atoms with Gasteiger partial charge in [0.1, 0.15) is 12.4 Å². The topological polar surface area (TPSA) is 82.5 Å². The highest BCUT2D eigenvalue weighted by atomic mass is 16.5. The monoisotopic (exact) mass is 395 g/mol. The van der Waals surface area contributed by atoms with Gasteiger partial charge in [-0.05, 0) is 44.5 Å². The first kappa shape index (κ1) is 20.4. The first-order chi connectivity index (χ1) is 13.7. The second-order valence-corrected chi connectivity index (χ2v) is 7.84. The molecule has 152 valence electrons. The van der Waals surface area contributed by atoms with Crippen LogP contribution in [0.1, 0.15) is 26.3 Å². The van der Waals surface area contributed by atoms with E-state index in [9.17, 15) is 9.59 Å². The Morgan fingerprint density at radius 2 is 1.79 bits per heavy atom. The van der Waals surface area contributed by atoms with E-state index in [-0.39, 0.29) is 17.7 Å². The summed E-state index contributed by atoms with van der Waals surface area (Å²) >= 11 is 0. The van der Waals surface area contributed by atoms with Gasteiger partial charge in [0.15, 0.2) is 0 Å². The van der Waals surface area contributed by atoms with Gasteiger partial charge in [-0.25, -0.2) is 9.48 Å². The number of nitrogens with one attached hydrogen (secondary N) is 1. The highest BCUT2D eigenvalue weighted by molar-refractivity contribution is 5.94. The molecule has 7 nitrogen and oxygen atoms in total. The molecule has 1 aromatic heterocycles. The largest absolute Gasteiger partial charge is 0.497 e. The van der Waals surface area contributed by atoms with Crippen LogP contribution < -0.4 is 15.6 Å². The number of nitrogens with zero attached hydrogens (tertiary/aromatic N) is 2. The lowest BCUT2D eigenvalue weighted by Gasteiger charge is -2.20. The molecule has 0 aliphatic rings. The molecule has 0 fully saturated rings. The third-order valence-corrected chi connectivity index (χ3v) is 4.33. The van der Waals surface area contributed by atoms with Crippen LogP contribution in [0.15, 0.2) is 47.3 Å². The van der Waals surface area contributed by atoms with Crippen molar-refractivity contribution >= 4 is 16.9 Å². The molecule has 0 spiro atoms. The van der Waals surface area contributed by atoms with Crippen molar-refractivity contribution < 1.29 is 14.3 Å². The summed E-state index contributed by atoms with van der Waals surface area (Å²) in [5.74, 6) is 0.656. The second kappa shape index (κ2) is 7.95. The average molecular weight is 395 g/mol. The van der Waals surface area contributed by atoms with Crippen molar-refractivity contribution in [2.24, 2.45) is 7.05 Å². The molecule has 29 heavy (non-hydrogen) atoms. The van der Waals surface area contributed by atoms with Gasteiger partial charge in [0, 0.05) is 23.5 Å². The van der Waals surface area contributed by atoms with Gasteiger partial charge in [-0.1, -0.05) is 24.3 Å². The van der Waals surface area contributed by atoms with E-state index in [1.807, 2.05) is 51.1 Å². The fourth-order valence-electron chi connectivity index (χ4n) is 2.92. The Morgan fingerprint density at radius 3 is 2.41 bits per heavy atom. The van der Waals surface area contributed by atoms with Crippen LogP contribution in [0.5, 0.6) is 5.75 Å². The molecule has 3 rings (SSSR count). The average Bonchev–Trinajstić information content (AvgIpc) is 2.68. The minimum absolute atomic E-state index is 0.164. The third kappa shape index (κ3) is 4.74. The van der Waals surface area contributed by atoms with Crippen LogP contribution in [-0.4, -0.2) is 28.5 Å². The highest BCUT2D eigenvalue weighted by Crippen LogP contribution is 2.28. The standard InChI is InChI=1S/C22H25N3O4/c1-22(2,3)23-21(27)29-13-14-6-8-15(9-7-14)19-18-12-16(28-5)10-11-17(18)20(26)25(4)24-19/h6-12H,13H2,1-5H3,(H,23,27). The molecule has 0 unspecified atom stereocenters. The van der Waals surface area contributed by atoms with E-state index in [1.54, 1.807) is 26.3 Å². The summed E-state index contributed by atoms with van der Waals surface area (Å²) in [6, 6.07) is 12.9. The van der Waals surface area contributed by atoms with Gasteiger partial charge >= 0.3 is 6.09 Å². The van der Waals surface area contributed by atoms with Crippen molar-refractivity contribution in [2.75, 3.05) is 7.11 Å². The number of carbonyl (C=O) groups excluding carboxylic acids is 1. The zero-order valence-electron chi connectivity index (χ0n) is 17.3. The number of rotatable bonds is 4. The van der Waals surface area contributed by atoms with Crippen LogP contribution in [0, 0.1) is 0 Å². The normalized spacial score (nSPS) is 11.3. The molecule has 0 aliphatic carbocycles. The van der Waals surface area contributed by atoms with Crippen molar-refractivity contribution in [3.8, 4) is 17.0 Å². The molecule has 0 saturated carbocycles. The number of hydrogen-bond donors (Lipinski definition) is 1. The van der Waals surface area contributed by atoms with Gasteiger partial charge < -0.3 is 14.8 Å². The Balaban J connectivity index is 1.88. The van der Waals surface area contributed by atoms with Gasteiger partial charge in [-0.3, -0.25) is 4.79 Å². The van der Waals surface area contributed by atoms with Crippen LogP contribution in [0.3, 0.4) is 0 Å². The third-order valence-electron chi connectivity index (χ3n) is 4.33. The summed E-state index contributed by atoms with van der Waals surface area (Å²) in [6.45, 7) is 5.84. The van der Waals surface area contributed by atoms with Gasteiger partial charge in [0.25, 0.3) is 5.56 Å². The van der Waals surface area contributed by atoms with Crippen LogP contribution >= 0.6 is 0 Å². The van der Waals surface area contributed by atoms with Crippen molar-refractivity contribution in [3.05, 3.63) is 58.4 Å². The van der Waals surface area contributed by atoms with Crippen LogP contribution in [0.4, 0.5) is 4.79 Å². The van der Waals surface area contributed by atoms with E-state index in [4.69, 9.17) is 9.47 Å². The molecule has 0 radical (unpaired) electrons. The van der Waals surface area contributed by atoms with E-state index >= 15 is 0 Å². The minimum atomic E-state index is -0.459. The molecule has 1 heterocycles. The number of ether oxygens (including phenoxy) is 2. The van der Waals surface area contributed by atoms with Crippen molar-refractivity contribution in [1.82, 2.24) is 15.1 Å². The maximum Gasteiger partial charge on any atom is 0.407 e. The van der Waals surface area contributed by atoms with E-state index in [0.717, 1.165) is 16.5 Å². The Hall–Kier alpha value is -3.35. The van der Waals surface area contributed by atoms with Crippen molar-refractivity contribution in [2.45, 2.75) is 32.9 Å². The summed E-state index contributed by atoms with van der Waals surface area (Å²) in [5, 5.41) is 8.49. The Labute approximate surface area is 169 Å². The molecular formula is C22H25N3O4.